The Morgan fingerprint density at radius 2 is 2.06 bits per heavy atom. The molecule has 3 heterocycles. The Hall–Kier alpha value is -2.39. The summed E-state index contributed by atoms with van der Waals surface area (Å²) in [7, 11) is 2.93. The summed E-state index contributed by atoms with van der Waals surface area (Å²) in [6, 6.07) is 3.71. The second-order valence-electron chi connectivity index (χ2n) is 9.96. The van der Waals surface area contributed by atoms with Gasteiger partial charge in [0.25, 0.3) is 0 Å². The number of hydrogen-bond acceptors (Lipinski definition) is 6. The van der Waals surface area contributed by atoms with E-state index in [-0.39, 0.29) is 0 Å². The predicted octanol–water partition coefficient (Wildman–Crippen LogP) is 4.46. The van der Waals surface area contributed by atoms with Crippen LogP contribution in [0.25, 0.3) is 11.0 Å². The number of aromatic nitrogens is 5. The molecule has 1 N–H and O–H groups in total. The highest BCUT2D eigenvalue weighted by atomic mass is 28.3. The molecule has 8 nitrogen and oxygen atoms in total. The van der Waals surface area contributed by atoms with Crippen molar-refractivity contribution in [1.82, 2.24) is 24.3 Å². The van der Waals surface area contributed by atoms with E-state index in [1.807, 2.05) is 13.2 Å². The largest absolute Gasteiger partial charge is 0.361 e. The maximum absolute atomic E-state index is 6.01. The van der Waals surface area contributed by atoms with Gasteiger partial charge in [-0.25, -0.2) is 0 Å². The minimum atomic E-state index is -1.11. The second kappa shape index (κ2) is 8.62. The molecule has 0 aliphatic heterocycles. The average molecular weight is 442 g/mol. The zero-order valence-electron chi connectivity index (χ0n) is 19.6. The first-order valence-electron chi connectivity index (χ1n) is 11.1. The topological polar surface area (TPSA) is 73.0 Å². The molecule has 1 aliphatic rings. The molecule has 1 saturated carbocycles. The first kappa shape index (κ1) is 21.8. The lowest BCUT2D eigenvalue weighted by molar-refractivity contribution is 0.0899. The smallest absolute Gasteiger partial charge is 0.231 e. The highest BCUT2D eigenvalue weighted by Crippen LogP contribution is 2.37. The summed E-state index contributed by atoms with van der Waals surface area (Å²) in [6.07, 6.45) is 8.35. The monoisotopic (exact) mass is 441 g/mol. The summed E-state index contributed by atoms with van der Waals surface area (Å²) in [6.45, 7) is 10.7. The minimum Gasteiger partial charge on any atom is -0.361 e. The van der Waals surface area contributed by atoms with Crippen LogP contribution < -0.4 is 10.2 Å². The third-order valence-electron chi connectivity index (χ3n) is 6.04. The van der Waals surface area contributed by atoms with Crippen molar-refractivity contribution in [2.24, 2.45) is 13.0 Å². The van der Waals surface area contributed by atoms with E-state index in [4.69, 9.17) is 14.7 Å². The molecule has 0 saturated heterocycles. The molecule has 1 unspecified atom stereocenters. The number of aryl methyl sites for hydroxylation is 1. The van der Waals surface area contributed by atoms with Gasteiger partial charge in [0.2, 0.25) is 5.95 Å². The fourth-order valence-corrected chi connectivity index (χ4v) is 4.48. The summed E-state index contributed by atoms with van der Waals surface area (Å²) >= 11 is 0. The van der Waals surface area contributed by atoms with E-state index in [0.29, 0.717) is 18.7 Å². The molecule has 1 fully saturated rings. The van der Waals surface area contributed by atoms with Crippen molar-refractivity contribution in [3.63, 3.8) is 0 Å². The fourth-order valence-electron chi connectivity index (χ4n) is 3.72. The number of nitrogens with zero attached hydrogens (tertiary/aromatic N) is 6. The molecule has 0 bridgehead atoms. The van der Waals surface area contributed by atoms with Gasteiger partial charge in [0, 0.05) is 47.2 Å². The van der Waals surface area contributed by atoms with Gasteiger partial charge in [-0.15, -0.1) is 0 Å². The SMILES string of the molecule is CC(C1CC1)N(C)c1nc(Nc2cnn(C)c2)nc2c1ccn2COCC[Si](C)(C)C. The molecule has 0 aromatic carbocycles. The van der Waals surface area contributed by atoms with Gasteiger partial charge in [-0.2, -0.15) is 15.1 Å². The number of nitrogens with one attached hydrogen (secondary N) is 1. The Bertz CT molecular complexity index is 1030. The minimum absolute atomic E-state index is 0.445. The van der Waals surface area contributed by atoms with Crippen molar-refractivity contribution in [1.29, 1.82) is 0 Å². The van der Waals surface area contributed by atoms with E-state index in [1.165, 1.54) is 12.8 Å². The van der Waals surface area contributed by atoms with Crippen LogP contribution in [0.4, 0.5) is 17.5 Å². The number of fused-ring (bicyclic) bond motifs is 1. The normalized spacial score (nSPS) is 15.4. The lowest BCUT2D eigenvalue weighted by atomic mass is 10.2. The van der Waals surface area contributed by atoms with E-state index >= 15 is 0 Å². The first-order chi connectivity index (χ1) is 14.7. The van der Waals surface area contributed by atoms with E-state index in [1.54, 1.807) is 10.9 Å². The Labute approximate surface area is 185 Å². The van der Waals surface area contributed by atoms with Gasteiger partial charge in [0.15, 0.2) is 0 Å². The van der Waals surface area contributed by atoms with Gasteiger partial charge >= 0.3 is 0 Å². The average Bonchev–Trinajstić information content (AvgIpc) is 3.36. The highest BCUT2D eigenvalue weighted by molar-refractivity contribution is 6.76. The summed E-state index contributed by atoms with van der Waals surface area (Å²) in [5, 5.41) is 8.61. The van der Waals surface area contributed by atoms with Crippen molar-refractivity contribution >= 4 is 36.6 Å². The molecule has 168 valence electrons. The molecule has 31 heavy (non-hydrogen) atoms. The highest BCUT2D eigenvalue weighted by Gasteiger charge is 2.32. The lowest BCUT2D eigenvalue weighted by Crippen LogP contribution is -2.31. The summed E-state index contributed by atoms with van der Waals surface area (Å²) in [5.41, 5.74) is 1.76. The summed E-state index contributed by atoms with van der Waals surface area (Å²) in [5.74, 6) is 2.28. The van der Waals surface area contributed by atoms with Crippen molar-refractivity contribution in [3.8, 4) is 0 Å². The van der Waals surface area contributed by atoms with E-state index in [2.05, 4.69) is 65.8 Å². The van der Waals surface area contributed by atoms with Crippen molar-refractivity contribution in [2.75, 3.05) is 23.9 Å². The maximum Gasteiger partial charge on any atom is 0.231 e. The molecular weight excluding hydrogens is 406 g/mol. The summed E-state index contributed by atoms with van der Waals surface area (Å²) < 4.78 is 9.85. The van der Waals surface area contributed by atoms with E-state index < -0.39 is 8.07 Å². The van der Waals surface area contributed by atoms with Gasteiger partial charge in [0.05, 0.1) is 17.3 Å². The van der Waals surface area contributed by atoms with Gasteiger partial charge in [-0.3, -0.25) is 4.68 Å². The number of ether oxygens (including phenoxy) is 1. The van der Waals surface area contributed by atoms with Crippen LogP contribution in [-0.4, -0.2) is 52.1 Å². The van der Waals surface area contributed by atoms with Crippen LogP contribution in [0.2, 0.25) is 25.7 Å². The quantitative estimate of drug-likeness (QED) is 0.370. The van der Waals surface area contributed by atoms with Gasteiger partial charge in [-0.05, 0) is 37.8 Å². The van der Waals surface area contributed by atoms with Crippen LogP contribution in [0.1, 0.15) is 19.8 Å². The van der Waals surface area contributed by atoms with Crippen LogP contribution >= 0.6 is 0 Å². The number of rotatable bonds is 10. The van der Waals surface area contributed by atoms with E-state index in [0.717, 1.165) is 41.1 Å². The zero-order valence-corrected chi connectivity index (χ0v) is 20.6. The first-order valence-corrected chi connectivity index (χ1v) is 14.8. The molecule has 3 aromatic heterocycles. The van der Waals surface area contributed by atoms with Gasteiger partial charge in [0.1, 0.15) is 18.2 Å². The van der Waals surface area contributed by atoms with Gasteiger partial charge in [-0.1, -0.05) is 19.6 Å². The number of hydrogen-bond donors (Lipinski definition) is 1. The third kappa shape index (κ3) is 5.27. The Morgan fingerprint density at radius 1 is 1.29 bits per heavy atom. The van der Waals surface area contributed by atoms with Crippen LogP contribution in [0.5, 0.6) is 0 Å². The van der Waals surface area contributed by atoms with Crippen LogP contribution in [-0.2, 0) is 18.5 Å². The molecule has 4 rings (SSSR count). The molecule has 9 heteroatoms. The Kier molecular flexibility index (Phi) is 6.07. The van der Waals surface area contributed by atoms with Crippen molar-refractivity contribution in [3.05, 3.63) is 24.7 Å². The molecule has 3 aromatic rings. The van der Waals surface area contributed by atoms with Crippen LogP contribution in [0, 0.1) is 5.92 Å². The molecule has 0 radical (unpaired) electrons. The summed E-state index contributed by atoms with van der Waals surface area (Å²) in [4.78, 5) is 12.0. The van der Waals surface area contributed by atoms with E-state index in [9.17, 15) is 0 Å². The van der Waals surface area contributed by atoms with Crippen molar-refractivity contribution in [2.45, 2.75) is 58.2 Å². The maximum atomic E-state index is 6.01. The second-order valence-corrected chi connectivity index (χ2v) is 15.6. The van der Waals surface area contributed by atoms with Crippen LogP contribution in [0.3, 0.4) is 0 Å². The molecule has 0 spiro atoms. The Balaban J connectivity index is 1.63. The molecule has 1 aliphatic carbocycles. The zero-order chi connectivity index (χ0) is 22.2. The molecule has 0 amide bonds. The van der Waals surface area contributed by atoms with Crippen molar-refractivity contribution < 1.29 is 4.74 Å². The standard InChI is InChI=1S/C22H35N7OSi/c1-16(17-7-8-17)28(3)20-19-9-10-29(15-30-11-12-31(4,5)6)21(19)26-22(25-20)24-18-13-23-27(2)14-18/h9-10,13-14,16-17H,7-8,11-12,15H2,1-6H3,(H,24,25,26). The van der Waals surface area contributed by atoms with Crippen LogP contribution in [0.15, 0.2) is 24.7 Å². The fraction of sp³-hybridized carbons (Fsp3) is 0.591. The lowest BCUT2D eigenvalue weighted by Gasteiger charge is -2.27. The predicted molar refractivity (Wildman–Crippen MR) is 129 cm³/mol. The Morgan fingerprint density at radius 3 is 2.71 bits per heavy atom. The molecule has 1 atom stereocenters. The van der Waals surface area contributed by atoms with Gasteiger partial charge < -0.3 is 19.5 Å². The number of anilines is 3. The molecular formula is C22H35N7OSi. The third-order valence-corrected chi connectivity index (χ3v) is 7.74.